The zero-order valence-corrected chi connectivity index (χ0v) is 10.0. The third kappa shape index (κ3) is 4.14. The van der Waals surface area contributed by atoms with E-state index in [9.17, 15) is 0 Å². The van der Waals surface area contributed by atoms with Crippen molar-refractivity contribution in [2.75, 3.05) is 18.1 Å². The van der Waals surface area contributed by atoms with Gasteiger partial charge in [0, 0.05) is 17.2 Å². The first-order valence-corrected chi connectivity index (χ1v) is 6.33. The summed E-state index contributed by atoms with van der Waals surface area (Å²) in [6, 6.07) is 6.14. The highest BCUT2D eigenvalue weighted by Crippen LogP contribution is 2.28. The van der Waals surface area contributed by atoms with Crippen LogP contribution in [-0.4, -0.2) is 17.5 Å². The lowest BCUT2D eigenvalue weighted by Gasteiger charge is -2.07. The van der Waals surface area contributed by atoms with Gasteiger partial charge in [-0.2, -0.15) is 0 Å². The van der Waals surface area contributed by atoms with Crippen molar-refractivity contribution in [3.8, 4) is 0 Å². The van der Waals surface area contributed by atoms with Gasteiger partial charge in [-0.1, -0.05) is 18.6 Å². The summed E-state index contributed by atoms with van der Waals surface area (Å²) in [4.78, 5) is 1.18. The molecule has 0 heterocycles. The Morgan fingerprint density at radius 1 is 1.27 bits per heavy atom. The molecule has 84 valence electrons. The van der Waals surface area contributed by atoms with Crippen LogP contribution >= 0.6 is 11.8 Å². The Hall–Kier alpha value is -0.670. The summed E-state index contributed by atoms with van der Waals surface area (Å²) in [6.07, 6.45) is 3.14. The first kappa shape index (κ1) is 12.4. The second-order valence-electron chi connectivity index (χ2n) is 3.62. The van der Waals surface area contributed by atoms with E-state index in [1.54, 1.807) is 11.8 Å². The molecule has 2 nitrogen and oxygen atoms in total. The van der Waals surface area contributed by atoms with Gasteiger partial charge in [0.25, 0.3) is 0 Å². The first-order valence-electron chi connectivity index (χ1n) is 5.34. The number of unbranched alkanes of at least 4 members (excludes halogenated alkanes) is 2. The molecule has 0 saturated heterocycles. The highest BCUT2D eigenvalue weighted by atomic mass is 32.2. The summed E-state index contributed by atoms with van der Waals surface area (Å²) in [7, 11) is 0. The number of para-hydroxylation sites is 1. The quantitative estimate of drug-likeness (QED) is 0.444. The zero-order chi connectivity index (χ0) is 11.1. The highest BCUT2D eigenvalue weighted by molar-refractivity contribution is 7.99. The average Bonchev–Trinajstić information content (AvgIpc) is 2.24. The molecule has 0 aliphatic heterocycles. The van der Waals surface area contributed by atoms with Crippen LogP contribution < -0.4 is 5.73 Å². The number of anilines is 1. The largest absolute Gasteiger partial charge is 0.398 e. The zero-order valence-electron chi connectivity index (χ0n) is 9.20. The Kier molecular flexibility index (Phi) is 5.58. The van der Waals surface area contributed by atoms with Gasteiger partial charge in [-0.3, -0.25) is 0 Å². The van der Waals surface area contributed by atoms with Crippen LogP contribution in [0.1, 0.15) is 24.8 Å². The van der Waals surface area contributed by atoms with Gasteiger partial charge in [-0.05, 0) is 37.1 Å². The van der Waals surface area contributed by atoms with Crippen molar-refractivity contribution in [3.05, 3.63) is 23.8 Å². The van der Waals surface area contributed by atoms with Gasteiger partial charge in [-0.25, -0.2) is 0 Å². The van der Waals surface area contributed by atoms with Gasteiger partial charge in [0.2, 0.25) is 0 Å². The Balaban J connectivity index is 2.34. The van der Waals surface area contributed by atoms with E-state index >= 15 is 0 Å². The highest BCUT2D eigenvalue weighted by Gasteiger charge is 2.01. The summed E-state index contributed by atoms with van der Waals surface area (Å²) < 4.78 is 0. The van der Waals surface area contributed by atoms with Crippen LogP contribution in [0.4, 0.5) is 5.69 Å². The monoisotopic (exact) mass is 225 g/mol. The van der Waals surface area contributed by atoms with Crippen LogP contribution in [0.15, 0.2) is 23.1 Å². The fraction of sp³-hybridized carbons (Fsp3) is 0.500. The minimum Gasteiger partial charge on any atom is -0.398 e. The number of aryl methyl sites for hydroxylation is 1. The van der Waals surface area contributed by atoms with E-state index in [4.69, 9.17) is 10.8 Å². The van der Waals surface area contributed by atoms with Gasteiger partial charge in [0.1, 0.15) is 0 Å². The second-order valence-corrected chi connectivity index (χ2v) is 4.76. The molecule has 0 atom stereocenters. The standard InChI is InChI=1S/C12H19NOS/c1-10-6-5-7-11(12(10)13)15-9-4-2-3-8-14/h5-7,14H,2-4,8-9,13H2,1H3. The van der Waals surface area contributed by atoms with Crippen LogP contribution in [0.25, 0.3) is 0 Å². The molecule has 1 aromatic carbocycles. The Bertz CT molecular complexity index is 302. The molecular formula is C12H19NOS. The van der Waals surface area contributed by atoms with E-state index in [2.05, 4.69) is 6.07 Å². The van der Waals surface area contributed by atoms with Crippen molar-refractivity contribution in [1.82, 2.24) is 0 Å². The molecule has 0 fully saturated rings. The molecule has 0 amide bonds. The maximum Gasteiger partial charge on any atom is 0.0481 e. The van der Waals surface area contributed by atoms with Crippen LogP contribution in [0.2, 0.25) is 0 Å². The van der Waals surface area contributed by atoms with E-state index in [0.717, 1.165) is 36.3 Å². The summed E-state index contributed by atoms with van der Waals surface area (Å²) in [5.41, 5.74) is 8.02. The number of benzene rings is 1. The first-order chi connectivity index (χ1) is 7.25. The van der Waals surface area contributed by atoms with Gasteiger partial charge < -0.3 is 10.8 Å². The van der Waals surface area contributed by atoms with Gasteiger partial charge in [0.15, 0.2) is 0 Å². The lowest BCUT2D eigenvalue weighted by molar-refractivity contribution is 0.284. The molecule has 3 heteroatoms. The molecule has 0 aliphatic rings. The van der Waals surface area contributed by atoms with Crippen molar-refractivity contribution in [1.29, 1.82) is 0 Å². The number of nitrogens with two attached hydrogens (primary N) is 1. The summed E-state index contributed by atoms with van der Waals surface area (Å²) >= 11 is 1.81. The lowest BCUT2D eigenvalue weighted by Crippen LogP contribution is -1.93. The van der Waals surface area contributed by atoms with E-state index in [0.29, 0.717) is 6.61 Å². The number of thioether (sulfide) groups is 1. The van der Waals surface area contributed by atoms with Gasteiger partial charge in [-0.15, -0.1) is 11.8 Å². The Labute approximate surface area is 95.9 Å². The number of nitrogen functional groups attached to an aromatic ring is 1. The Morgan fingerprint density at radius 2 is 2.07 bits per heavy atom. The molecule has 0 bridgehead atoms. The molecule has 0 aliphatic carbocycles. The lowest BCUT2D eigenvalue weighted by atomic mass is 10.2. The van der Waals surface area contributed by atoms with Crippen molar-refractivity contribution >= 4 is 17.4 Å². The summed E-state index contributed by atoms with van der Waals surface area (Å²) in [5.74, 6) is 1.08. The minimum atomic E-state index is 0.303. The van der Waals surface area contributed by atoms with Crippen molar-refractivity contribution < 1.29 is 5.11 Å². The number of rotatable bonds is 6. The molecule has 0 saturated carbocycles. The minimum absolute atomic E-state index is 0.303. The maximum absolute atomic E-state index is 8.64. The normalized spacial score (nSPS) is 10.5. The van der Waals surface area contributed by atoms with Gasteiger partial charge >= 0.3 is 0 Å². The molecule has 0 radical (unpaired) electrons. The smallest absolute Gasteiger partial charge is 0.0481 e. The topological polar surface area (TPSA) is 46.2 Å². The fourth-order valence-corrected chi connectivity index (χ4v) is 2.41. The van der Waals surface area contributed by atoms with E-state index in [1.165, 1.54) is 4.90 Å². The molecule has 1 aromatic rings. The van der Waals surface area contributed by atoms with Crippen molar-refractivity contribution in [3.63, 3.8) is 0 Å². The van der Waals surface area contributed by atoms with E-state index in [1.807, 2.05) is 19.1 Å². The van der Waals surface area contributed by atoms with Crippen LogP contribution in [0, 0.1) is 6.92 Å². The average molecular weight is 225 g/mol. The third-order valence-corrected chi connectivity index (χ3v) is 3.50. The number of hydrogen-bond acceptors (Lipinski definition) is 3. The van der Waals surface area contributed by atoms with Crippen molar-refractivity contribution in [2.45, 2.75) is 31.1 Å². The molecule has 1 rings (SSSR count). The molecule has 0 spiro atoms. The van der Waals surface area contributed by atoms with Crippen LogP contribution in [0.3, 0.4) is 0 Å². The second kappa shape index (κ2) is 6.75. The molecule has 0 unspecified atom stereocenters. The molecule has 15 heavy (non-hydrogen) atoms. The molecule has 3 N–H and O–H groups in total. The van der Waals surface area contributed by atoms with Gasteiger partial charge in [0.05, 0.1) is 0 Å². The van der Waals surface area contributed by atoms with Crippen molar-refractivity contribution in [2.24, 2.45) is 0 Å². The van der Waals surface area contributed by atoms with E-state index in [-0.39, 0.29) is 0 Å². The summed E-state index contributed by atoms with van der Waals surface area (Å²) in [5, 5.41) is 8.64. The predicted molar refractivity (Wildman–Crippen MR) is 67.3 cm³/mol. The predicted octanol–water partition coefficient (Wildman–Crippen LogP) is 2.83. The van der Waals surface area contributed by atoms with Crippen LogP contribution in [0.5, 0.6) is 0 Å². The van der Waals surface area contributed by atoms with E-state index < -0.39 is 0 Å². The SMILES string of the molecule is Cc1cccc(SCCCCCO)c1N. The third-order valence-electron chi connectivity index (χ3n) is 2.34. The Morgan fingerprint density at radius 3 is 2.80 bits per heavy atom. The molecule has 0 aromatic heterocycles. The maximum atomic E-state index is 8.64. The summed E-state index contributed by atoms with van der Waals surface area (Å²) in [6.45, 7) is 2.34. The van der Waals surface area contributed by atoms with Crippen LogP contribution in [-0.2, 0) is 0 Å². The number of aliphatic hydroxyl groups is 1. The molecular weight excluding hydrogens is 206 g/mol. The fourth-order valence-electron chi connectivity index (χ4n) is 1.35. The number of hydrogen-bond donors (Lipinski definition) is 2. The number of aliphatic hydroxyl groups excluding tert-OH is 1.